The van der Waals surface area contributed by atoms with Crippen molar-refractivity contribution in [3.05, 3.63) is 53.1 Å². The fraction of sp³-hybridized carbons (Fsp3) is 0.412. The summed E-state index contributed by atoms with van der Waals surface area (Å²) in [4.78, 5) is 13.7. The van der Waals surface area contributed by atoms with E-state index in [0.29, 0.717) is 19.6 Å². The second-order valence-electron chi connectivity index (χ2n) is 6.76. The average Bonchev–Trinajstić information content (AvgIpc) is 2.97. The fourth-order valence-electron chi connectivity index (χ4n) is 2.52. The molecule has 1 aliphatic rings. The summed E-state index contributed by atoms with van der Waals surface area (Å²) < 4.78 is 20.1. The molecule has 0 saturated heterocycles. The third-order valence-corrected chi connectivity index (χ3v) is 3.54. The Labute approximate surface area is 134 Å². The van der Waals surface area contributed by atoms with Crippen LogP contribution in [-0.4, -0.2) is 26.4 Å². The summed E-state index contributed by atoms with van der Waals surface area (Å²) in [6.07, 6.45) is 1.61. The van der Waals surface area contributed by atoms with Gasteiger partial charge in [-0.25, -0.2) is 9.18 Å². The van der Waals surface area contributed by atoms with Crippen LogP contribution in [0.2, 0.25) is 0 Å². The number of rotatable bonds is 2. The monoisotopic (exact) mass is 317 g/mol. The van der Waals surface area contributed by atoms with E-state index in [2.05, 4.69) is 5.10 Å². The van der Waals surface area contributed by atoms with Crippen LogP contribution in [0.4, 0.5) is 9.18 Å². The van der Waals surface area contributed by atoms with Gasteiger partial charge in [0, 0.05) is 11.8 Å². The Kier molecular flexibility index (Phi) is 3.83. The molecule has 2 aromatic rings. The van der Waals surface area contributed by atoms with E-state index in [1.54, 1.807) is 17.0 Å². The average molecular weight is 317 g/mol. The van der Waals surface area contributed by atoms with E-state index in [4.69, 9.17) is 4.74 Å². The summed E-state index contributed by atoms with van der Waals surface area (Å²) in [5.74, 6) is -0.246. The van der Waals surface area contributed by atoms with Crippen molar-refractivity contribution < 1.29 is 13.9 Å². The summed E-state index contributed by atoms with van der Waals surface area (Å²) in [5.41, 5.74) is 2.40. The van der Waals surface area contributed by atoms with Crippen LogP contribution in [0.3, 0.4) is 0 Å². The first-order chi connectivity index (χ1) is 10.8. The van der Waals surface area contributed by atoms with Gasteiger partial charge in [-0.2, -0.15) is 5.10 Å². The van der Waals surface area contributed by atoms with Gasteiger partial charge >= 0.3 is 6.09 Å². The summed E-state index contributed by atoms with van der Waals surface area (Å²) in [6, 6.07) is 6.37. The molecule has 0 bridgehead atoms. The van der Waals surface area contributed by atoms with Crippen LogP contribution in [0.15, 0.2) is 30.5 Å². The Hall–Kier alpha value is -2.37. The lowest BCUT2D eigenvalue weighted by atomic mass is 10.2. The molecule has 122 valence electrons. The molecule has 0 atom stereocenters. The zero-order chi connectivity index (χ0) is 16.6. The maximum atomic E-state index is 12.9. The zero-order valence-electron chi connectivity index (χ0n) is 13.5. The van der Waals surface area contributed by atoms with Gasteiger partial charge in [-0.05, 0) is 38.5 Å². The normalized spacial score (nSPS) is 14.0. The third kappa shape index (κ3) is 3.70. The predicted molar refractivity (Wildman–Crippen MR) is 83.2 cm³/mol. The summed E-state index contributed by atoms with van der Waals surface area (Å²) in [6.45, 7) is 7.10. The van der Waals surface area contributed by atoms with Gasteiger partial charge in [0.15, 0.2) is 0 Å². The lowest BCUT2D eigenvalue weighted by Crippen LogP contribution is -2.33. The van der Waals surface area contributed by atoms with Gasteiger partial charge in [0.2, 0.25) is 0 Å². The lowest BCUT2D eigenvalue weighted by molar-refractivity contribution is 0.0239. The Bertz CT molecular complexity index is 693. The van der Waals surface area contributed by atoms with Crippen LogP contribution in [0, 0.1) is 5.82 Å². The number of carbonyl (C=O) groups excluding carboxylic acids is 1. The molecule has 6 heteroatoms. The standard InChI is InChI=1S/C17H20FN3O2/c1-17(2,3)23-16(22)20-9-13-10-21(19-15(13)11-20)8-12-4-6-14(18)7-5-12/h4-7,10H,8-9,11H2,1-3H3. The first-order valence-corrected chi connectivity index (χ1v) is 7.58. The Morgan fingerprint density at radius 3 is 2.57 bits per heavy atom. The molecular formula is C17H20FN3O2. The first-order valence-electron chi connectivity index (χ1n) is 7.58. The Morgan fingerprint density at radius 1 is 1.26 bits per heavy atom. The molecule has 23 heavy (non-hydrogen) atoms. The van der Waals surface area contributed by atoms with Gasteiger partial charge in [0.05, 0.1) is 25.3 Å². The SMILES string of the molecule is CC(C)(C)OC(=O)N1Cc2cn(Cc3ccc(F)cc3)nc2C1. The lowest BCUT2D eigenvalue weighted by Gasteiger charge is -2.24. The van der Waals surface area contributed by atoms with Crippen LogP contribution >= 0.6 is 0 Å². The minimum absolute atomic E-state index is 0.246. The number of hydrogen-bond donors (Lipinski definition) is 0. The van der Waals surface area contributed by atoms with Gasteiger partial charge < -0.3 is 4.74 Å². The second-order valence-corrected chi connectivity index (χ2v) is 6.76. The van der Waals surface area contributed by atoms with Gasteiger partial charge in [0.1, 0.15) is 11.4 Å². The van der Waals surface area contributed by atoms with E-state index >= 15 is 0 Å². The number of halogens is 1. The summed E-state index contributed by atoms with van der Waals surface area (Å²) in [7, 11) is 0. The van der Waals surface area contributed by atoms with Crippen molar-refractivity contribution in [3.8, 4) is 0 Å². The molecule has 2 heterocycles. The molecule has 0 fully saturated rings. The minimum Gasteiger partial charge on any atom is -0.444 e. The molecule has 0 unspecified atom stereocenters. The van der Waals surface area contributed by atoms with Gasteiger partial charge in [-0.1, -0.05) is 12.1 Å². The number of hydrogen-bond acceptors (Lipinski definition) is 3. The predicted octanol–water partition coefficient (Wildman–Crippen LogP) is 3.32. The quantitative estimate of drug-likeness (QED) is 0.853. The fourth-order valence-corrected chi connectivity index (χ4v) is 2.52. The van der Waals surface area contributed by atoms with Crippen molar-refractivity contribution in [2.45, 2.75) is 46.0 Å². The zero-order valence-corrected chi connectivity index (χ0v) is 13.5. The van der Waals surface area contributed by atoms with Crippen molar-refractivity contribution in [2.24, 2.45) is 0 Å². The van der Waals surface area contributed by atoms with Gasteiger partial charge in [-0.15, -0.1) is 0 Å². The third-order valence-electron chi connectivity index (χ3n) is 3.54. The highest BCUT2D eigenvalue weighted by atomic mass is 19.1. The molecule has 0 radical (unpaired) electrons. The molecular weight excluding hydrogens is 297 g/mol. The molecule has 0 N–H and O–H groups in total. The van der Waals surface area contributed by atoms with Crippen molar-refractivity contribution in [3.63, 3.8) is 0 Å². The number of aromatic nitrogens is 2. The van der Waals surface area contributed by atoms with Crippen LogP contribution < -0.4 is 0 Å². The van der Waals surface area contributed by atoms with Gasteiger partial charge in [-0.3, -0.25) is 9.58 Å². The maximum Gasteiger partial charge on any atom is 0.410 e. The maximum absolute atomic E-state index is 12.9. The molecule has 1 aromatic heterocycles. The molecule has 0 aliphatic carbocycles. The summed E-state index contributed by atoms with van der Waals surface area (Å²) in [5, 5.41) is 4.51. The number of nitrogens with zero attached hydrogens (tertiary/aromatic N) is 3. The largest absolute Gasteiger partial charge is 0.444 e. The van der Waals surface area contributed by atoms with Crippen molar-refractivity contribution >= 4 is 6.09 Å². The molecule has 0 saturated carbocycles. The van der Waals surface area contributed by atoms with E-state index < -0.39 is 5.60 Å². The van der Waals surface area contributed by atoms with Crippen molar-refractivity contribution in [1.82, 2.24) is 14.7 Å². The van der Waals surface area contributed by atoms with Crippen molar-refractivity contribution in [1.29, 1.82) is 0 Å². The van der Waals surface area contributed by atoms with E-state index in [0.717, 1.165) is 16.8 Å². The second kappa shape index (κ2) is 5.68. The smallest absolute Gasteiger partial charge is 0.410 e. The van der Waals surface area contributed by atoms with E-state index in [1.165, 1.54) is 12.1 Å². The van der Waals surface area contributed by atoms with Crippen LogP contribution in [0.5, 0.6) is 0 Å². The van der Waals surface area contributed by atoms with E-state index in [1.807, 2.05) is 31.6 Å². The molecule has 1 aromatic carbocycles. The Balaban J connectivity index is 1.64. The topological polar surface area (TPSA) is 47.4 Å². The van der Waals surface area contributed by atoms with E-state index in [-0.39, 0.29) is 11.9 Å². The number of fused-ring (bicyclic) bond motifs is 1. The van der Waals surface area contributed by atoms with Crippen molar-refractivity contribution in [2.75, 3.05) is 0 Å². The minimum atomic E-state index is -0.500. The highest BCUT2D eigenvalue weighted by molar-refractivity contribution is 5.69. The number of benzene rings is 1. The highest BCUT2D eigenvalue weighted by Crippen LogP contribution is 2.23. The van der Waals surface area contributed by atoms with Crippen LogP contribution in [0.1, 0.15) is 37.6 Å². The number of carbonyl (C=O) groups is 1. The molecule has 1 amide bonds. The molecule has 5 nitrogen and oxygen atoms in total. The van der Waals surface area contributed by atoms with Crippen LogP contribution in [0.25, 0.3) is 0 Å². The number of ether oxygens (including phenoxy) is 1. The highest BCUT2D eigenvalue weighted by Gasteiger charge is 2.29. The van der Waals surface area contributed by atoms with Crippen LogP contribution in [-0.2, 0) is 24.4 Å². The number of amides is 1. The summed E-state index contributed by atoms with van der Waals surface area (Å²) >= 11 is 0. The molecule has 0 spiro atoms. The molecule has 1 aliphatic heterocycles. The first kappa shape index (κ1) is 15.5. The van der Waals surface area contributed by atoms with E-state index in [9.17, 15) is 9.18 Å². The van der Waals surface area contributed by atoms with Gasteiger partial charge in [0.25, 0.3) is 0 Å². The Morgan fingerprint density at radius 2 is 1.96 bits per heavy atom. The molecule has 3 rings (SSSR count).